The molecule has 0 fully saturated rings. The molecule has 0 unspecified atom stereocenters. The van der Waals surface area contributed by atoms with Crippen molar-refractivity contribution in [2.45, 2.75) is 12.3 Å². The van der Waals surface area contributed by atoms with Crippen molar-refractivity contribution in [1.29, 1.82) is 0 Å². The molecule has 1 N–H and O–H groups in total. The summed E-state index contributed by atoms with van der Waals surface area (Å²) in [4.78, 5) is 24.8. The molecular weight excluding hydrogens is 387 g/mol. The Labute approximate surface area is 155 Å². The van der Waals surface area contributed by atoms with Gasteiger partial charge in [-0.15, -0.1) is 11.6 Å². The van der Waals surface area contributed by atoms with Gasteiger partial charge in [0.15, 0.2) is 5.58 Å². The van der Waals surface area contributed by atoms with E-state index >= 15 is 0 Å². The topological polar surface area (TPSA) is 72.4 Å². The van der Waals surface area contributed by atoms with Crippen LogP contribution in [-0.4, -0.2) is 21.5 Å². The van der Waals surface area contributed by atoms with Crippen LogP contribution in [0.3, 0.4) is 0 Å². The summed E-state index contributed by atoms with van der Waals surface area (Å²) < 4.78 is 43.7. The van der Waals surface area contributed by atoms with E-state index in [1.165, 1.54) is 12.1 Å². The fourth-order valence-electron chi connectivity index (χ4n) is 2.73. The summed E-state index contributed by atoms with van der Waals surface area (Å²) in [6, 6.07) is 9.95. The fourth-order valence-corrected chi connectivity index (χ4v) is 3.03. The number of alkyl halides is 4. The van der Waals surface area contributed by atoms with Gasteiger partial charge < -0.3 is 9.52 Å². The molecule has 5 nitrogen and oxygen atoms in total. The third-order valence-corrected chi connectivity index (χ3v) is 4.48. The van der Waals surface area contributed by atoms with Gasteiger partial charge in [-0.25, -0.2) is 9.36 Å². The Hall–Kier alpha value is -2.58. The average Bonchev–Trinajstić information content (AvgIpc) is 2.97. The number of nitrogens with zero attached hydrogens (tertiary/aromatic N) is 1. The Morgan fingerprint density at radius 1 is 1.15 bits per heavy atom. The maximum atomic E-state index is 12.8. The summed E-state index contributed by atoms with van der Waals surface area (Å²) in [7, 11) is 0. The molecule has 3 aromatic rings. The summed E-state index contributed by atoms with van der Waals surface area (Å²) in [6.45, 7) is 0. The Kier molecular flexibility index (Phi) is 5.12. The molecule has 0 saturated heterocycles. The first kappa shape index (κ1) is 19.2. The number of hydrogen-bond donors (Lipinski definition) is 1. The van der Waals surface area contributed by atoms with E-state index in [4.69, 9.17) is 16.0 Å². The van der Waals surface area contributed by atoms with Crippen LogP contribution in [0.2, 0.25) is 0 Å². The largest absolute Gasteiger partial charge is 0.426 e. The van der Waals surface area contributed by atoms with Crippen molar-refractivity contribution in [3.05, 3.63) is 70.2 Å². The molecule has 0 radical (unpaired) electrons. The van der Waals surface area contributed by atoms with Crippen LogP contribution in [0.25, 0.3) is 11.1 Å². The highest BCUT2D eigenvalue weighted by Crippen LogP contribution is 2.32. The van der Waals surface area contributed by atoms with Gasteiger partial charge in [0.25, 0.3) is 0 Å². The van der Waals surface area contributed by atoms with E-state index in [9.17, 15) is 27.9 Å². The number of rotatable bonds is 4. The number of fused-ring (bicyclic) bond motifs is 1. The van der Waals surface area contributed by atoms with Crippen LogP contribution >= 0.6 is 11.6 Å². The lowest BCUT2D eigenvalue weighted by Gasteiger charge is -2.20. The van der Waals surface area contributed by atoms with Crippen LogP contribution in [0, 0.1) is 5.92 Å². The van der Waals surface area contributed by atoms with Crippen molar-refractivity contribution < 1.29 is 27.5 Å². The normalized spacial score (nSPS) is 14.3. The quantitative estimate of drug-likeness (QED) is 0.676. The number of aliphatic hydroxyl groups is 1. The van der Waals surface area contributed by atoms with Gasteiger partial charge in [-0.3, -0.25) is 4.79 Å². The molecule has 0 saturated carbocycles. The molecule has 0 aliphatic carbocycles. The summed E-state index contributed by atoms with van der Waals surface area (Å²) in [5.74, 6) is -3.36. The maximum absolute atomic E-state index is 12.8. The van der Waals surface area contributed by atoms with Crippen LogP contribution < -0.4 is 5.76 Å². The number of carbonyl (C=O) groups excluding carboxylic acids is 1. The van der Waals surface area contributed by atoms with Crippen molar-refractivity contribution in [2.24, 2.45) is 5.92 Å². The summed E-state index contributed by atoms with van der Waals surface area (Å²) >= 11 is 5.82. The third kappa shape index (κ3) is 3.63. The predicted molar refractivity (Wildman–Crippen MR) is 91.7 cm³/mol. The van der Waals surface area contributed by atoms with Crippen LogP contribution in [-0.2, 0) is 6.18 Å². The molecule has 27 heavy (non-hydrogen) atoms. The highest BCUT2D eigenvalue weighted by atomic mass is 35.5. The summed E-state index contributed by atoms with van der Waals surface area (Å²) in [6.07, 6.45) is -6.02. The van der Waals surface area contributed by atoms with Crippen LogP contribution in [0.15, 0.2) is 57.7 Å². The summed E-state index contributed by atoms with van der Waals surface area (Å²) in [5, 5.41) is 10.5. The lowest BCUT2D eigenvalue weighted by Crippen LogP contribution is -2.33. The lowest BCUT2D eigenvalue weighted by molar-refractivity contribution is -0.137. The molecule has 3 rings (SSSR count). The van der Waals surface area contributed by atoms with Crippen molar-refractivity contribution in [1.82, 2.24) is 4.57 Å². The molecule has 142 valence electrons. The van der Waals surface area contributed by atoms with Gasteiger partial charge in [-0.05, 0) is 29.8 Å². The molecule has 0 bridgehead atoms. The van der Waals surface area contributed by atoms with Crippen LogP contribution in [0.4, 0.5) is 13.2 Å². The van der Waals surface area contributed by atoms with E-state index < -0.39 is 35.4 Å². The standard InChI is InChI=1S/C18H13ClF3NO4/c19-9-12(15(24)10-5-7-11(8-6-10)18(20,21)22)16(25)23-13-3-1-2-4-14(13)27-17(23)26/h1-8,12,15,24H,9H2/t12-,15-/m1/s1. The first-order valence-corrected chi connectivity index (χ1v) is 8.33. The van der Waals surface area contributed by atoms with Gasteiger partial charge in [0, 0.05) is 5.88 Å². The molecule has 9 heteroatoms. The zero-order valence-corrected chi connectivity index (χ0v) is 14.4. The van der Waals surface area contributed by atoms with Crippen molar-refractivity contribution in [2.75, 3.05) is 5.88 Å². The fraction of sp³-hybridized carbons (Fsp3) is 0.222. The van der Waals surface area contributed by atoms with E-state index in [1.54, 1.807) is 12.1 Å². The number of hydrogen-bond acceptors (Lipinski definition) is 4. The number of aromatic nitrogens is 1. The monoisotopic (exact) mass is 399 g/mol. The minimum Gasteiger partial charge on any atom is -0.407 e. The average molecular weight is 400 g/mol. The van der Waals surface area contributed by atoms with Crippen LogP contribution in [0.1, 0.15) is 22.0 Å². The molecule has 0 aliphatic rings. The molecule has 0 amide bonds. The van der Waals surface area contributed by atoms with Crippen molar-refractivity contribution in [3.8, 4) is 0 Å². The van der Waals surface area contributed by atoms with Crippen LogP contribution in [0.5, 0.6) is 0 Å². The highest BCUT2D eigenvalue weighted by molar-refractivity contribution is 6.19. The maximum Gasteiger partial charge on any atom is 0.426 e. The lowest BCUT2D eigenvalue weighted by atomic mass is 9.95. The number of para-hydroxylation sites is 2. The highest BCUT2D eigenvalue weighted by Gasteiger charge is 2.33. The second kappa shape index (κ2) is 7.21. The molecule has 0 aliphatic heterocycles. The number of halogens is 4. The van der Waals surface area contributed by atoms with E-state index in [-0.39, 0.29) is 22.5 Å². The molecule has 1 aromatic heterocycles. The van der Waals surface area contributed by atoms with E-state index in [0.717, 1.165) is 28.8 Å². The number of aliphatic hydroxyl groups excluding tert-OH is 1. The van der Waals surface area contributed by atoms with Gasteiger partial charge >= 0.3 is 11.9 Å². The third-order valence-electron chi connectivity index (χ3n) is 4.15. The minimum absolute atomic E-state index is 0.0721. The predicted octanol–water partition coefficient (Wildman–Crippen LogP) is 3.84. The smallest absolute Gasteiger partial charge is 0.407 e. The van der Waals surface area contributed by atoms with Gasteiger partial charge in [-0.2, -0.15) is 13.2 Å². The van der Waals surface area contributed by atoms with Crippen molar-refractivity contribution >= 4 is 28.6 Å². The van der Waals surface area contributed by atoms with Gasteiger partial charge in [0.05, 0.1) is 23.1 Å². The zero-order valence-electron chi connectivity index (χ0n) is 13.6. The Balaban J connectivity index is 1.95. The molecule has 1 heterocycles. The van der Waals surface area contributed by atoms with E-state index in [0.29, 0.717) is 0 Å². The first-order valence-electron chi connectivity index (χ1n) is 7.80. The second-order valence-electron chi connectivity index (χ2n) is 5.83. The molecular formula is C18H13ClF3NO4. The van der Waals surface area contributed by atoms with Gasteiger partial charge in [0.2, 0.25) is 5.91 Å². The van der Waals surface area contributed by atoms with E-state index in [2.05, 4.69) is 0 Å². The number of benzene rings is 2. The Morgan fingerprint density at radius 2 is 1.78 bits per heavy atom. The summed E-state index contributed by atoms with van der Waals surface area (Å²) in [5.41, 5.74) is -0.414. The second-order valence-corrected chi connectivity index (χ2v) is 6.14. The molecule has 2 aromatic carbocycles. The minimum atomic E-state index is -4.52. The van der Waals surface area contributed by atoms with E-state index in [1.807, 2.05) is 0 Å². The van der Waals surface area contributed by atoms with Gasteiger partial charge in [0.1, 0.15) is 0 Å². The number of oxazole rings is 1. The SMILES string of the molecule is O=C([C@H](CCl)[C@H](O)c1ccc(C(F)(F)F)cc1)n1c(=O)oc2ccccc21. The number of carbonyl (C=O) groups is 1. The Morgan fingerprint density at radius 3 is 2.37 bits per heavy atom. The first-order chi connectivity index (χ1) is 12.7. The molecule has 0 spiro atoms. The zero-order chi connectivity index (χ0) is 19.8. The van der Waals surface area contributed by atoms with Crippen molar-refractivity contribution in [3.63, 3.8) is 0 Å². The van der Waals surface area contributed by atoms with Gasteiger partial charge in [-0.1, -0.05) is 24.3 Å². The Bertz CT molecular complexity index is 1020. The molecule has 2 atom stereocenters.